The molecule has 0 spiro atoms. The van der Waals surface area contributed by atoms with Gasteiger partial charge in [-0.1, -0.05) is 25.1 Å². The number of aryl methyl sites for hydroxylation is 1. The molecule has 1 N–H and O–H groups in total. The molecule has 2 heteroatoms. The molecule has 1 fully saturated rings. The topological polar surface area (TPSA) is 25.2 Å². The van der Waals surface area contributed by atoms with E-state index in [0.29, 0.717) is 6.04 Å². The van der Waals surface area contributed by atoms with Crippen LogP contribution in [0.1, 0.15) is 43.9 Å². The van der Waals surface area contributed by atoms with Gasteiger partial charge in [-0.2, -0.15) is 0 Å². The summed E-state index contributed by atoms with van der Waals surface area (Å²) < 4.78 is 5.82. The van der Waals surface area contributed by atoms with Gasteiger partial charge in [0.1, 0.15) is 11.3 Å². The quantitative estimate of drug-likeness (QED) is 0.881. The summed E-state index contributed by atoms with van der Waals surface area (Å²) in [6.45, 7) is 5.37. The van der Waals surface area contributed by atoms with Gasteiger partial charge in [0, 0.05) is 23.5 Å². The predicted molar refractivity (Wildman–Crippen MR) is 79.2 cm³/mol. The summed E-state index contributed by atoms with van der Waals surface area (Å²) in [6.07, 6.45) is 5.36. The van der Waals surface area contributed by atoms with Crippen molar-refractivity contribution < 1.29 is 4.42 Å². The van der Waals surface area contributed by atoms with Gasteiger partial charge in [0.25, 0.3) is 0 Å². The SMILES string of the molecule is Cc1oc2ccccc2c1CNC1CCC(C)CC1. The van der Waals surface area contributed by atoms with Gasteiger partial charge in [-0.25, -0.2) is 0 Å². The number of hydrogen-bond acceptors (Lipinski definition) is 2. The van der Waals surface area contributed by atoms with Gasteiger partial charge in [0.2, 0.25) is 0 Å². The first-order valence-corrected chi connectivity index (χ1v) is 7.44. The van der Waals surface area contributed by atoms with Gasteiger partial charge in [0.15, 0.2) is 0 Å². The van der Waals surface area contributed by atoms with E-state index in [1.54, 1.807) is 0 Å². The first kappa shape index (κ1) is 12.7. The minimum atomic E-state index is 0.685. The van der Waals surface area contributed by atoms with E-state index >= 15 is 0 Å². The van der Waals surface area contributed by atoms with E-state index in [9.17, 15) is 0 Å². The summed E-state index contributed by atoms with van der Waals surface area (Å²) in [4.78, 5) is 0. The molecular formula is C17H23NO. The molecule has 1 aromatic heterocycles. The minimum Gasteiger partial charge on any atom is -0.461 e. The van der Waals surface area contributed by atoms with Gasteiger partial charge in [0.05, 0.1) is 0 Å². The van der Waals surface area contributed by atoms with Crippen LogP contribution < -0.4 is 5.32 Å². The predicted octanol–water partition coefficient (Wildman–Crippen LogP) is 4.41. The molecule has 1 aliphatic rings. The van der Waals surface area contributed by atoms with Crippen molar-refractivity contribution in [2.24, 2.45) is 5.92 Å². The third-order valence-electron chi connectivity index (χ3n) is 4.48. The zero-order valence-electron chi connectivity index (χ0n) is 11.9. The molecule has 0 radical (unpaired) electrons. The second-order valence-corrected chi connectivity index (χ2v) is 5.97. The Morgan fingerprint density at radius 2 is 1.89 bits per heavy atom. The largest absolute Gasteiger partial charge is 0.461 e. The lowest BCUT2D eigenvalue weighted by Gasteiger charge is -2.27. The summed E-state index contributed by atoms with van der Waals surface area (Å²) in [7, 11) is 0. The summed E-state index contributed by atoms with van der Waals surface area (Å²) in [5.41, 5.74) is 2.34. The fraction of sp³-hybridized carbons (Fsp3) is 0.529. The van der Waals surface area contributed by atoms with E-state index in [4.69, 9.17) is 4.42 Å². The van der Waals surface area contributed by atoms with Crippen LogP contribution in [-0.2, 0) is 6.54 Å². The highest BCUT2D eigenvalue weighted by Crippen LogP contribution is 2.27. The highest BCUT2D eigenvalue weighted by molar-refractivity contribution is 5.82. The van der Waals surface area contributed by atoms with E-state index in [1.165, 1.54) is 36.6 Å². The number of furan rings is 1. The lowest BCUT2D eigenvalue weighted by atomic mass is 9.87. The molecule has 2 aromatic rings. The molecular weight excluding hydrogens is 234 g/mol. The molecule has 0 bridgehead atoms. The summed E-state index contributed by atoms with van der Waals surface area (Å²) in [6, 6.07) is 9.01. The molecule has 2 nitrogen and oxygen atoms in total. The maximum absolute atomic E-state index is 5.82. The normalized spacial score (nSPS) is 23.9. The Morgan fingerprint density at radius 3 is 2.68 bits per heavy atom. The minimum absolute atomic E-state index is 0.685. The Bertz CT molecular complexity index is 549. The first-order valence-electron chi connectivity index (χ1n) is 7.44. The van der Waals surface area contributed by atoms with E-state index in [2.05, 4.69) is 31.3 Å². The second-order valence-electron chi connectivity index (χ2n) is 5.97. The molecule has 102 valence electrons. The summed E-state index contributed by atoms with van der Waals surface area (Å²) in [5, 5.41) is 4.98. The Labute approximate surface area is 115 Å². The van der Waals surface area contributed by atoms with Crippen molar-refractivity contribution >= 4 is 11.0 Å². The molecule has 1 aromatic carbocycles. The van der Waals surface area contributed by atoms with Crippen LogP contribution in [0.15, 0.2) is 28.7 Å². The Balaban J connectivity index is 1.70. The third kappa shape index (κ3) is 2.69. The van der Waals surface area contributed by atoms with Crippen molar-refractivity contribution in [1.29, 1.82) is 0 Å². The lowest BCUT2D eigenvalue weighted by Crippen LogP contribution is -2.32. The van der Waals surface area contributed by atoms with E-state index < -0.39 is 0 Å². The first-order chi connectivity index (χ1) is 9.24. The summed E-state index contributed by atoms with van der Waals surface area (Å²) >= 11 is 0. The Morgan fingerprint density at radius 1 is 1.16 bits per heavy atom. The Kier molecular flexibility index (Phi) is 3.61. The van der Waals surface area contributed by atoms with Crippen LogP contribution in [0.4, 0.5) is 0 Å². The van der Waals surface area contributed by atoms with Crippen molar-refractivity contribution in [1.82, 2.24) is 5.32 Å². The molecule has 0 aliphatic heterocycles. The van der Waals surface area contributed by atoms with E-state index in [0.717, 1.165) is 23.8 Å². The smallest absolute Gasteiger partial charge is 0.134 e. The average molecular weight is 257 g/mol. The zero-order chi connectivity index (χ0) is 13.2. The monoisotopic (exact) mass is 257 g/mol. The van der Waals surface area contributed by atoms with Gasteiger partial charge in [-0.3, -0.25) is 0 Å². The van der Waals surface area contributed by atoms with Gasteiger partial charge < -0.3 is 9.73 Å². The average Bonchev–Trinajstić information content (AvgIpc) is 2.74. The number of fused-ring (bicyclic) bond motifs is 1. The van der Waals surface area contributed by atoms with Crippen LogP contribution in [0.5, 0.6) is 0 Å². The molecule has 0 amide bonds. The van der Waals surface area contributed by atoms with Crippen molar-refractivity contribution in [3.05, 3.63) is 35.6 Å². The maximum atomic E-state index is 5.82. The number of benzene rings is 1. The molecule has 0 unspecified atom stereocenters. The summed E-state index contributed by atoms with van der Waals surface area (Å²) in [5.74, 6) is 1.97. The van der Waals surface area contributed by atoms with Gasteiger partial charge in [-0.05, 0) is 44.6 Å². The van der Waals surface area contributed by atoms with Crippen LogP contribution in [0.2, 0.25) is 0 Å². The Hall–Kier alpha value is -1.28. The van der Waals surface area contributed by atoms with Crippen LogP contribution in [0.3, 0.4) is 0 Å². The fourth-order valence-electron chi connectivity index (χ4n) is 3.15. The van der Waals surface area contributed by atoms with Crippen LogP contribution in [-0.4, -0.2) is 6.04 Å². The van der Waals surface area contributed by atoms with Crippen LogP contribution in [0.25, 0.3) is 11.0 Å². The van der Waals surface area contributed by atoms with Gasteiger partial charge >= 0.3 is 0 Å². The van der Waals surface area contributed by atoms with Crippen LogP contribution >= 0.6 is 0 Å². The molecule has 19 heavy (non-hydrogen) atoms. The lowest BCUT2D eigenvalue weighted by molar-refractivity contribution is 0.306. The molecule has 0 atom stereocenters. The maximum Gasteiger partial charge on any atom is 0.134 e. The number of para-hydroxylation sites is 1. The van der Waals surface area contributed by atoms with Crippen LogP contribution in [0, 0.1) is 12.8 Å². The number of hydrogen-bond donors (Lipinski definition) is 1. The van der Waals surface area contributed by atoms with Crippen molar-refractivity contribution in [2.45, 2.75) is 52.1 Å². The number of nitrogens with one attached hydrogen (secondary N) is 1. The highest BCUT2D eigenvalue weighted by Gasteiger charge is 2.18. The van der Waals surface area contributed by atoms with Crippen molar-refractivity contribution in [3.8, 4) is 0 Å². The van der Waals surface area contributed by atoms with E-state index in [1.807, 2.05) is 12.1 Å². The molecule has 1 heterocycles. The zero-order valence-corrected chi connectivity index (χ0v) is 11.9. The molecule has 1 saturated carbocycles. The molecule has 1 aliphatic carbocycles. The van der Waals surface area contributed by atoms with Crippen molar-refractivity contribution in [3.63, 3.8) is 0 Å². The standard InChI is InChI=1S/C17H23NO/c1-12-7-9-14(10-8-12)18-11-16-13(2)19-17-6-4-3-5-15(16)17/h3-6,12,14,18H,7-11H2,1-2H3. The van der Waals surface area contributed by atoms with Crippen molar-refractivity contribution in [2.75, 3.05) is 0 Å². The highest BCUT2D eigenvalue weighted by atomic mass is 16.3. The van der Waals surface area contributed by atoms with Gasteiger partial charge in [-0.15, -0.1) is 0 Å². The molecule has 3 rings (SSSR count). The molecule has 0 saturated heterocycles. The van der Waals surface area contributed by atoms with E-state index in [-0.39, 0.29) is 0 Å². The second kappa shape index (κ2) is 5.38. The number of rotatable bonds is 3. The fourth-order valence-corrected chi connectivity index (χ4v) is 3.15. The third-order valence-corrected chi connectivity index (χ3v) is 4.48.